The van der Waals surface area contributed by atoms with Gasteiger partial charge in [-0.2, -0.15) is 0 Å². The highest BCUT2D eigenvalue weighted by molar-refractivity contribution is 6.00. The number of benzene rings is 2. The van der Waals surface area contributed by atoms with Gasteiger partial charge >= 0.3 is 0 Å². The molecule has 0 aliphatic heterocycles. The monoisotopic (exact) mass is 283 g/mol. The van der Waals surface area contributed by atoms with E-state index < -0.39 is 6.04 Å². The molecule has 21 heavy (non-hydrogen) atoms. The molecule has 2 aromatic rings. The van der Waals surface area contributed by atoms with Crippen LogP contribution in [-0.2, 0) is 4.74 Å². The third kappa shape index (κ3) is 4.25. The van der Waals surface area contributed by atoms with Crippen LogP contribution in [0.2, 0.25) is 0 Å². The van der Waals surface area contributed by atoms with Gasteiger partial charge in [0.05, 0.1) is 6.04 Å². The molecular formula is C18H21NO2. The Balaban J connectivity index is 2.03. The maximum atomic E-state index is 12.2. The summed E-state index contributed by atoms with van der Waals surface area (Å²) in [5.41, 5.74) is 8.84. The molecule has 2 rings (SSSR count). The van der Waals surface area contributed by atoms with Crippen LogP contribution in [0.25, 0.3) is 11.1 Å². The average molecular weight is 283 g/mol. The zero-order valence-electron chi connectivity index (χ0n) is 12.3. The van der Waals surface area contributed by atoms with E-state index in [1.54, 1.807) is 7.11 Å². The lowest BCUT2D eigenvalue weighted by Gasteiger charge is -2.11. The predicted molar refractivity (Wildman–Crippen MR) is 85.3 cm³/mol. The van der Waals surface area contributed by atoms with Crippen molar-refractivity contribution in [2.45, 2.75) is 18.9 Å². The molecule has 0 saturated carbocycles. The van der Waals surface area contributed by atoms with Crippen LogP contribution >= 0.6 is 0 Å². The van der Waals surface area contributed by atoms with Gasteiger partial charge in [-0.15, -0.1) is 0 Å². The highest BCUT2D eigenvalue weighted by atomic mass is 16.5. The molecular weight excluding hydrogens is 262 g/mol. The van der Waals surface area contributed by atoms with Crippen LogP contribution in [0.15, 0.2) is 54.6 Å². The lowest BCUT2D eigenvalue weighted by molar-refractivity contribution is 0.0950. The second-order valence-electron chi connectivity index (χ2n) is 5.05. The number of carbonyl (C=O) groups excluding carboxylic acids is 1. The van der Waals surface area contributed by atoms with Gasteiger partial charge in [0.15, 0.2) is 5.78 Å². The average Bonchev–Trinajstić information content (AvgIpc) is 2.55. The smallest absolute Gasteiger partial charge is 0.179 e. The summed E-state index contributed by atoms with van der Waals surface area (Å²) in [7, 11) is 1.65. The van der Waals surface area contributed by atoms with Crippen LogP contribution < -0.4 is 5.73 Å². The molecule has 0 fully saturated rings. The molecule has 0 amide bonds. The van der Waals surface area contributed by atoms with Crippen LogP contribution in [0.5, 0.6) is 0 Å². The first-order chi connectivity index (χ1) is 10.2. The molecule has 1 unspecified atom stereocenters. The summed E-state index contributed by atoms with van der Waals surface area (Å²) in [4.78, 5) is 12.2. The van der Waals surface area contributed by atoms with Gasteiger partial charge in [-0.25, -0.2) is 0 Å². The minimum atomic E-state index is -0.456. The Morgan fingerprint density at radius 3 is 2.29 bits per heavy atom. The Labute approximate surface area is 125 Å². The molecule has 0 saturated heterocycles. The number of ketones is 1. The van der Waals surface area contributed by atoms with Crippen molar-refractivity contribution < 1.29 is 9.53 Å². The standard InChI is InChI=1S/C18H21NO2/c1-21-13-5-8-17(19)18(20)16-11-9-15(10-12-16)14-6-3-2-4-7-14/h2-4,6-7,9-12,17H,5,8,13,19H2,1H3. The van der Waals surface area contributed by atoms with Crippen molar-refractivity contribution in [3.63, 3.8) is 0 Å². The first-order valence-corrected chi connectivity index (χ1v) is 7.16. The molecule has 0 aliphatic carbocycles. The summed E-state index contributed by atoms with van der Waals surface area (Å²) >= 11 is 0. The maximum absolute atomic E-state index is 12.2. The topological polar surface area (TPSA) is 52.3 Å². The zero-order valence-corrected chi connectivity index (χ0v) is 12.3. The lowest BCUT2D eigenvalue weighted by Crippen LogP contribution is -2.30. The Bertz CT molecular complexity index is 564. The normalized spacial score (nSPS) is 12.1. The molecule has 1 atom stereocenters. The summed E-state index contributed by atoms with van der Waals surface area (Å²) in [6.07, 6.45) is 1.44. The molecule has 2 aromatic carbocycles. The van der Waals surface area contributed by atoms with Gasteiger partial charge < -0.3 is 10.5 Å². The number of rotatable bonds is 7. The SMILES string of the molecule is COCCCC(N)C(=O)c1ccc(-c2ccccc2)cc1. The van der Waals surface area contributed by atoms with Crippen molar-refractivity contribution in [1.29, 1.82) is 0 Å². The van der Waals surface area contributed by atoms with Crippen LogP contribution in [0.3, 0.4) is 0 Å². The highest BCUT2D eigenvalue weighted by Gasteiger charge is 2.15. The van der Waals surface area contributed by atoms with Gasteiger partial charge in [0.1, 0.15) is 0 Å². The maximum Gasteiger partial charge on any atom is 0.179 e. The molecule has 110 valence electrons. The van der Waals surface area contributed by atoms with Crippen LogP contribution in [0.1, 0.15) is 23.2 Å². The number of ether oxygens (including phenoxy) is 1. The molecule has 0 aromatic heterocycles. The predicted octanol–water partition coefficient (Wildman–Crippen LogP) is 3.29. The first kappa shape index (κ1) is 15.4. The molecule has 3 heteroatoms. The van der Waals surface area contributed by atoms with Gasteiger partial charge in [-0.3, -0.25) is 4.79 Å². The molecule has 0 aliphatic rings. The summed E-state index contributed by atoms with van der Waals surface area (Å²) < 4.78 is 4.98. The molecule has 0 radical (unpaired) electrons. The van der Waals surface area contributed by atoms with Gasteiger partial charge in [0.25, 0.3) is 0 Å². The van der Waals surface area contributed by atoms with Crippen molar-refractivity contribution in [2.75, 3.05) is 13.7 Å². The Kier molecular flexibility index (Phi) is 5.67. The summed E-state index contributed by atoms with van der Waals surface area (Å²) in [6, 6.07) is 17.3. The van der Waals surface area contributed by atoms with Gasteiger partial charge in [0, 0.05) is 19.3 Å². The van der Waals surface area contributed by atoms with E-state index in [4.69, 9.17) is 10.5 Å². The van der Waals surface area contributed by atoms with E-state index in [0.717, 1.165) is 17.5 Å². The molecule has 3 nitrogen and oxygen atoms in total. The number of hydrogen-bond donors (Lipinski definition) is 1. The van der Waals surface area contributed by atoms with E-state index in [-0.39, 0.29) is 5.78 Å². The fraction of sp³-hybridized carbons (Fsp3) is 0.278. The minimum Gasteiger partial charge on any atom is -0.385 e. The van der Waals surface area contributed by atoms with E-state index in [9.17, 15) is 4.79 Å². The zero-order chi connectivity index (χ0) is 15.1. The second kappa shape index (κ2) is 7.72. The third-order valence-corrected chi connectivity index (χ3v) is 3.48. The fourth-order valence-electron chi connectivity index (χ4n) is 2.25. The van der Waals surface area contributed by atoms with Crippen molar-refractivity contribution in [1.82, 2.24) is 0 Å². The third-order valence-electron chi connectivity index (χ3n) is 3.48. The quantitative estimate of drug-likeness (QED) is 0.626. The summed E-state index contributed by atoms with van der Waals surface area (Å²) in [6.45, 7) is 0.633. The second-order valence-corrected chi connectivity index (χ2v) is 5.05. The fourth-order valence-corrected chi connectivity index (χ4v) is 2.25. The Morgan fingerprint density at radius 2 is 1.67 bits per heavy atom. The molecule has 0 spiro atoms. The van der Waals surface area contributed by atoms with Crippen molar-refractivity contribution in [3.8, 4) is 11.1 Å². The highest BCUT2D eigenvalue weighted by Crippen LogP contribution is 2.19. The van der Waals surface area contributed by atoms with Crippen molar-refractivity contribution in [2.24, 2.45) is 5.73 Å². The minimum absolute atomic E-state index is 0.00860. The molecule has 0 heterocycles. The molecule has 2 N–H and O–H groups in total. The van der Waals surface area contributed by atoms with E-state index in [1.807, 2.05) is 54.6 Å². The van der Waals surface area contributed by atoms with Crippen LogP contribution in [0.4, 0.5) is 0 Å². The van der Waals surface area contributed by atoms with E-state index in [1.165, 1.54) is 0 Å². The number of carbonyl (C=O) groups is 1. The largest absolute Gasteiger partial charge is 0.385 e. The number of hydrogen-bond acceptors (Lipinski definition) is 3. The van der Waals surface area contributed by atoms with Gasteiger partial charge in [0.2, 0.25) is 0 Å². The number of nitrogens with two attached hydrogens (primary N) is 1. The van der Waals surface area contributed by atoms with Crippen molar-refractivity contribution >= 4 is 5.78 Å². The summed E-state index contributed by atoms with van der Waals surface area (Å²) in [5.74, 6) is -0.00860. The van der Waals surface area contributed by atoms with E-state index >= 15 is 0 Å². The Hall–Kier alpha value is -1.97. The van der Waals surface area contributed by atoms with E-state index in [0.29, 0.717) is 18.6 Å². The van der Waals surface area contributed by atoms with E-state index in [2.05, 4.69) is 0 Å². The van der Waals surface area contributed by atoms with Gasteiger partial charge in [-0.05, 0) is 24.0 Å². The van der Waals surface area contributed by atoms with Crippen molar-refractivity contribution in [3.05, 3.63) is 60.2 Å². The lowest BCUT2D eigenvalue weighted by atomic mass is 9.98. The molecule has 0 bridgehead atoms. The first-order valence-electron chi connectivity index (χ1n) is 7.16. The summed E-state index contributed by atoms with van der Waals surface area (Å²) in [5, 5.41) is 0. The Morgan fingerprint density at radius 1 is 1.05 bits per heavy atom. The van der Waals surface area contributed by atoms with Gasteiger partial charge in [-0.1, -0.05) is 54.6 Å². The van der Waals surface area contributed by atoms with Crippen LogP contribution in [-0.4, -0.2) is 25.5 Å². The van der Waals surface area contributed by atoms with Crippen LogP contribution in [0, 0.1) is 0 Å². The number of Topliss-reactive ketones (excluding diaryl/α,β-unsaturated/α-hetero) is 1. The number of methoxy groups -OCH3 is 1.